The minimum absolute atomic E-state index is 0.274. The molecule has 1 aromatic rings. The van der Waals surface area contributed by atoms with Crippen LogP contribution >= 0.6 is 0 Å². The molecule has 3 rings (SSSR count). The van der Waals surface area contributed by atoms with Gasteiger partial charge in [-0.15, -0.1) is 0 Å². The maximum absolute atomic E-state index is 11.5. The highest BCUT2D eigenvalue weighted by Gasteiger charge is 2.52. The van der Waals surface area contributed by atoms with E-state index in [-0.39, 0.29) is 12.5 Å². The molecule has 0 saturated carbocycles. The van der Waals surface area contributed by atoms with Crippen LogP contribution in [-0.2, 0) is 19.0 Å². The Labute approximate surface area is 140 Å². The Bertz CT molecular complexity index is 578. The van der Waals surface area contributed by atoms with E-state index in [1.165, 1.54) is 6.92 Å². The summed E-state index contributed by atoms with van der Waals surface area (Å²) in [6.45, 7) is 5.20. The molecule has 7 nitrogen and oxygen atoms in total. The van der Waals surface area contributed by atoms with Crippen molar-refractivity contribution >= 4 is 5.91 Å². The van der Waals surface area contributed by atoms with Crippen LogP contribution in [0.3, 0.4) is 0 Å². The number of fused-ring (bicyclic) bond motifs is 1. The molecule has 2 aliphatic rings. The van der Waals surface area contributed by atoms with Gasteiger partial charge in [-0.2, -0.15) is 0 Å². The summed E-state index contributed by atoms with van der Waals surface area (Å²) in [5.41, 5.74) is 0. The van der Waals surface area contributed by atoms with Crippen LogP contribution in [0.25, 0.3) is 0 Å². The highest BCUT2D eigenvalue weighted by atomic mass is 16.8. The smallest absolute Gasteiger partial charge is 0.223 e. The number of aliphatic hydroxyl groups is 1. The van der Waals surface area contributed by atoms with Gasteiger partial charge >= 0.3 is 0 Å². The summed E-state index contributed by atoms with van der Waals surface area (Å²) < 4.78 is 23.1. The van der Waals surface area contributed by atoms with Crippen molar-refractivity contribution in [2.24, 2.45) is 0 Å². The van der Waals surface area contributed by atoms with E-state index in [4.69, 9.17) is 18.9 Å². The quantitative estimate of drug-likeness (QED) is 0.849. The van der Waals surface area contributed by atoms with Gasteiger partial charge in [0.25, 0.3) is 0 Å². The molecular weight excluding hydrogens is 314 g/mol. The number of carbonyl (C=O) groups excluding carboxylic acids is 1. The third-order valence-electron chi connectivity index (χ3n) is 4.05. The molecule has 2 aliphatic heterocycles. The second-order valence-electron chi connectivity index (χ2n) is 6.48. The molecule has 2 fully saturated rings. The zero-order valence-corrected chi connectivity index (χ0v) is 14.0. The molecule has 0 aliphatic carbocycles. The number of para-hydroxylation sites is 1. The molecule has 0 bridgehead atoms. The molecule has 132 valence electrons. The number of ether oxygens (including phenoxy) is 4. The summed E-state index contributed by atoms with van der Waals surface area (Å²) in [6, 6.07) is 8.35. The highest BCUT2D eigenvalue weighted by Crippen LogP contribution is 2.33. The lowest BCUT2D eigenvalue weighted by Crippen LogP contribution is -2.69. The van der Waals surface area contributed by atoms with Gasteiger partial charge in [-0.25, -0.2) is 0 Å². The van der Waals surface area contributed by atoms with Crippen molar-refractivity contribution < 1.29 is 28.8 Å². The van der Waals surface area contributed by atoms with Gasteiger partial charge in [-0.05, 0) is 26.0 Å². The van der Waals surface area contributed by atoms with Gasteiger partial charge in [0, 0.05) is 6.92 Å². The van der Waals surface area contributed by atoms with Crippen LogP contribution in [0.15, 0.2) is 30.3 Å². The summed E-state index contributed by atoms with van der Waals surface area (Å²) in [6.07, 6.45) is -2.92. The third kappa shape index (κ3) is 3.70. The first-order valence-electron chi connectivity index (χ1n) is 8.00. The summed E-state index contributed by atoms with van der Waals surface area (Å²) in [5, 5.41) is 13.4. The number of amides is 1. The fourth-order valence-corrected chi connectivity index (χ4v) is 2.97. The average molecular weight is 337 g/mol. The van der Waals surface area contributed by atoms with Crippen LogP contribution in [0.4, 0.5) is 0 Å². The lowest BCUT2D eigenvalue weighted by atomic mass is 9.95. The number of hydrogen-bond donors (Lipinski definition) is 2. The number of rotatable bonds is 3. The highest BCUT2D eigenvalue weighted by molar-refractivity contribution is 5.73. The SMILES string of the molecule is CC(=O)N[C@@H]1[C@H](Oc2ccccc2)O[C@@H]2COC(C)(C)O[C@@H]2[C@@H]1O. The second-order valence-corrected chi connectivity index (χ2v) is 6.48. The lowest BCUT2D eigenvalue weighted by molar-refractivity contribution is -0.361. The second kappa shape index (κ2) is 6.68. The van der Waals surface area contributed by atoms with Gasteiger partial charge in [0.2, 0.25) is 12.2 Å². The first-order chi connectivity index (χ1) is 11.4. The van der Waals surface area contributed by atoms with E-state index in [9.17, 15) is 9.90 Å². The molecule has 2 saturated heterocycles. The third-order valence-corrected chi connectivity index (χ3v) is 4.05. The fourth-order valence-electron chi connectivity index (χ4n) is 2.97. The molecule has 0 aromatic heterocycles. The van der Waals surface area contributed by atoms with E-state index in [2.05, 4.69) is 5.32 Å². The summed E-state index contributed by atoms with van der Waals surface area (Å²) in [7, 11) is 0. The van der Waals surface area contributed by atoms with Crippen LogP contribution in [0.5, 0.6) is 5.75 Å². The lowest BCUT2D eigenvalue weighted by Gasteiger charge is -2.49. The monoisotopic (exact) mass is 337 g/mol. The molecule has 2 heterocycles. The molecule has 0 unspecified atom stereocenters. The Morgan fingerprint density at radius 2 is 2.04 bits per heavy atom. The van der Waals surface area contributed by atoms with E-state index in [0.29, 0.717) is 5.75 Å². The number of hydrogen-bond acceptors (Lipinski definition) is 6. The normalized spacial score (nSPS) is 34.9. The Kier molecular flexibility index (Phi) is 4.78. The standard InChI is InChI=1S/C17H23NO6/c1-10(19)18-13-14(20)15-12(9-21-17(2,3)24-15)23-16(13)22-11-7-5-4-6-8-11/h4-8,12-16,20H,9H2,1-3H3,(H,18,19)/t12-,13+,14-,15+,16-/m1/s1. The largest absolute Gasteiger partial charge is 0.463 e. The van der Waals surface area contributed by atoms with Crippen molar-refractivity contribution in [3.8, 4) is 5.75 Å². The molecule has 2 N–H and O–H groups in total. The predicted molar refractivity (Wildman–Crippen MR) is 84.2 cm³/mol. The van der Waals surface area contributed by atoms with Gasteiger partial charge in [-0.3, -0.25) is 4.79 Å². The minimum atomic E-state index is -0.982. The van der Waals surface area contributed by atoms with Crippen LogP contribution in [0.2, 0.25) is 0 Å². The maximum Gasteiger partial charge on any atom is 0.223 e. The minimum Gasteiger partial charge on any atom is -0.463 e. The first-order valence-corrected chi connectivity index (χ1v) is 8.00. The number of benzene rings is 1. The fraction of sp³-hybridized carbons (Fsp3) is 0.588. The van der Waals surface area contributed by atoms with Crippen LogP contribution in [0, 0.1) is 0 Å². The Morgan fingerprint density at radius 1 is 1.33 bits per heavy atom. The Morgan fingerprint density at radius 3 is 2.71 bits per heavy atom. The summed E-state index contributed by atoms with van der Waals surface area (Å²) in [4.78, 5) is 11.5. The number of carbonyl (C=O) groups is 1. The van der Waals surface area contributed by atoms with Gasteiger partial charge in [-0.1, -0.05) is 18.2 Å². The predicted octanol–water partition coefficient (Wildman–Crippen LogP) is 0.807. The molecule has 7 heteroatoms. The molecule has 0 spiro atoms. The van der Waals surface area contributed by atoms with E-state index < -0.39 is 36.4 Å². The average Bonchev–Trinajstić information content (AvgIpc) is 2.52. The summed E-state index contributed by atoms with van der Waals surface area (Å²) >= 11 is 0. The van der Waals surface area contributed by atoms with Crippen molar-refractivity contribution in [2.75, 3.05) is 6.61 Å². The van der Waals surface area contributed by atoms with Crippen LogP contribution in [0.1, 0.15) is 20.8 Å². The molecule has 0 radical (unpaired) electrons. The zero-order chi connectivity index (χ0) is 17.3. The van der Waals surface area contributed by atoms with Crippen molar-refractivity contribution in [1.29, 1.82) is 0 Å². The maximum atomic E-state index is 11.5. The molecular formula is C17H23NO6. The van der Waals surface area contributed by atoms with Crippen molar-refractivity contribution in [2.45, 2.75) is 57.2 Å². The van der Waals surface area contributed by atoms with E-state index in [0.717, 1.165) is 0 Å². The Balaban J connectivity index is 1.81. The molecule has 24 heavy (non-hydrogen) atoms. The van der Waals surface area contributed by atoms with Gasteiger partial charge in [0.05, 0.1) is 6.61 Å². The van der Waals surface area contributed by atoms with Crippen molar-refractivity contribution in [3.63, 3.8) is 0 Å². The Hall–Kier alpha value is -1.67. The van der Waals surface area contributed by atoms with Gasteiger partial charge in [0.15, 0.2) is 5.79 Å². The van der Waals surface area contributed by atoms with E-state index in [1.54, 1.807) is 26.0 Å². The molecule has 1 aromatic carbocycles. The van der Waals surface area contributed by atoms with Crippen LogP contribution < -0.4 is 10.1 Å². The zero-order valence-electron chi connectivity index (χ0n) is 14.0. The van der Waals surface area contributed by atoms with Crippen molar-refractivity contribution in [1.82, 2.24) is 5.32 Å². The molecule has 1 amide bonds. The molecule has 5 atom stereocenters. The van der Waals surface area contributed by atoms with E-state index >= 15 is 0 Å². The van der Waals surface area contributed by atoms with E-state index in [1.807, 2.05) is 18.2 Å². The van der Waals surface area contributed by atoms with Gasteiger partial charge in [0.1, 0.15) is 30.1 Å². The number of nitrogens with one attached hydrogen (secondary N) is 1. The summed E-state index contributed by atoms with van der Waals surface area (Å²) in [5.74, 6) is -0.519. The van der Waals surface area contributed by atoms with Gasteiger partial charge < -0.3 is 29.4 Å². The first kappa shape index (κ1) is 17.2. The van der Waals surface area contributed by atoms with Crippen LogP contribution in [-0.4, -0.2) is 54.1 Å². The van der Waals surface area contributed by atoms with Crippen molar-refractivity contribution in [3.05, 3.63) is 30.3 Å². The topological polar surface area (TPSA) is 86.3 Å². The number of aliphatic hydroxyl groups excluding tert-OH is 1.